The quantitative estimate of drug-likeness (QED) is 0.530. The number of primary amides is 2. The maximum atomic E-state index is 9.00. The summed E-state index contributed by atoms with van der Waals surface area (Å²) in [6.07, 6.45) is 0. The summed E-state index contributed by atoms with van der Waals surface area (Å²) in [5.74, 6) is 0.343. The fourth-order valence-electron chi connectivity index (χ4n) is 0.0833. The molecule has 5 nitrogen and oxygen atoms in total. The molecule has 0 atom stereocenters. The molecule has 0 bridgehead atoms. The van der Waals surface area contributed by atoms with Crippen molar-refractivity contribution in [2.75, 3.05) is 14.2 Å². The lowest BCUT2D eigenvalue weighted by Crippen LogP contribution is -2.18. The van der Waals surface area contributed by atoms with E-state index in [-0.39, 0.29) is 0 Å². The second-order valence-corrected chi connectivity index (χ2v) is 1.18. The van der Waals surface area contributed by atoms with Gasteiger partial charge in [-0.25, -0.2) is 4.79 Å². The van der Waals surface area contributed by atoms with Crippen LogP contribution in [0.2, 0.25) is 0 Å². The average Bonchev–Trinajstić information content (AvgIpc) is 1.85. The molecule has 0 aromatic rings. The first-order valence-electron chi connectivity index (χ1n) is 2.36. The first kappa shape index (κ1) is 11.4. The van der Waals surface area contributed by atoms with E-state index in [9.17, 15) is 0 Å². The molecule has 2 amide bonds. The summed E-state index contributed by atoms with van der Waals surface area (Å²) >= 11 is 0. The van der Waals surface area contributed by atoms with Crippen molar-refractivity contribution in [2.24, 2.45) is 11.5 Å². The lowest BCUT2D eigenvalue weighted by atomic mass is 11.0. The minimum Gasteiger partial charge on any atom is -0.469 e. The van der Waals surface area contributed by atoms with Gasteiger partial charge in [0, 0.05) is 0 Å². The number of urea groups is 1. The van der Waals surface area contributed by atoms with Gasteiger partial charge in [-0.05, 0) is 6.58 Å². The first-order chi connectivity index (χ1) is 4.54. The summed E-state index contributed by atoms with van der Waals surface area (Å²) in [7, 11) is 3.01. The number of ether oxygens (including phenoxy) is 2. The van der Waals surface area contributed by atoms with Crippen LogP contribution in [0.3, 0.4) is 0 Å². The van der Waals surface area contributed by atoms with Crippen molar-refractivity contribution >= 4 is 6.03 Å². The van der Waals surface area contributed by atoms with Crippen LogP contribution in [0.15, 0.2) is 12.5 Å². The molecular formula is C5H12N2O3. The number of nitrogens with two attached hydrogens (primary N) is 2. The van der Waals surface area contributed by atoms with Crippen molar-refractivity contribution in [3.63, 3.8) is 0 Å². The third-order valence-corrected chi connectivity index (χ3v) is 0.455. The molecule has 0 rings (SSSR count). The minimum absolute atomic E-state index is 0.343. The Morgan fingerprint density at radius 1 is 1.30 bits per heavy atom. The van der Waals surface area contributed by atoms with Gasteiger partial charge in [-0.1, -0.05) is 0 Å². The van der Waals surface area contributed by atoms with Crippen LogP contribution in [0, 0.1) is 0 Å². The summed E-state index contributed by atoms with van der Waals surface area (Å²) in [5.41, 5.74) is 8.50. The van der Waals surface area contributed by atoms with Crippen molar-refractivity contribution < 1.29 is 14.3 Å². The van der Waals surface area contributed by atoms with E-state index in [1.807, 2.05) is 0 Å². The standard InChI is InChI=1S/C4H8O2.CH4N2O/c1-4(5-2)6-3;2-1(3)4/h1H2,2-3H3;(H4,2,3,4). The minimum atomic E-state index is -0.833. The number of hydrogen-bond donors (Lipinski definition) is 2. The molecule has 4 N–H and O–H groups in total. The molecule has 0 saturated carbocycles. The predicted octanol–water partition coefficient (Wildman–Crippen LogP) is -0.226. The zero-order valence-electron chi connectivity index (χ0n) is 6.09. The maximum Gasteiger partial charge on any atom is 0.309 e. The molecular weight excluding hydrogens is 136 g/mol. The van der Waals surface area contributed by atoms with E-state index in [1.54, 1.807) is 0 Å². The Bertz CT molecular complexity index is 103. The fourth-order valence-corrected chi connectivity index (χ4v) is 0.0833. The predicted molar refractivity (Wildman–Crippen MR) is 36.9 cm³/mol. The molecule has 5 heteroatoms. The molecule has 0 aliphatic rings. The zero-order chi connectivity index (χ0) is 8.57. The smallest absolute Gasteiger partial charge is 0.309 e. The van der Waals surface area contributed by atoms with Gasteiger partial charge in [0.25, 0.3) is 5.95 Å². The van der Waals surface area contributed by atoms with Crippen LogP contribution in [0.4, 0.5) is 4.79 Å². The van der Waals surface area contributed by atoms with Crippen molar-refractivity contribution in [3.05, 3.63) is 12.5 Å². The Hall–Kier alpha value is -1.39. The largest absolute Gasteiger partial charge is 0.469 e. The monoisotopic (exact) mass is 148 g/mol. The van der Waals surface area contributed by atoms with Crippen LogP contribution < -0.4 is 11.5 Å². The van der Waals surface area contributed by atoms with E-state index >= 15 is 0 Å². The molecule has 0 spiro atoms. The third kappa shape index (κ3) is 30.5. The first-order valence-corrected chi connectivity index (χ1v) is 2.36. The van der Waals surface area contributed by atoms with Gasteiger partial charge in [-0.3, -0.25) is 0 Å². The topological polar surface area (TPSA) is 87.6 Å². The van der Waals surface area contributed by atoms with Gasteiger partial charge in [0.05, 0.1) is 14.2 Å². The molecule has 0 aliphatic carbocycles. The molecule has 0 heterocycles. The molecule has 0 aromatic carbocycles. The highest BCUT2D eigenvalue weighted by molar-refractivity contribution is 5.69. The van der Waals surface area contributed by atoms with Gasteiger partial charge >= 0.3 is 6.03 Å². The lowest BCUT2D eigenvalue weighted by Gasteiger charge is -1.97. The highest BCUT2D eigenvalue weighted by Gasteiger charge is 1.77. The Kier molecular flexibility index (Phi) is 8.68. The molecule has 0 fully saturated rings. The number of rotatable bonds is 2. The van der Waals surface area contributed by atoms with E-state index in [1.165, 1.54) is 14.2 Å². The Morgan fingerprint density at radius 3 is 1.50 bits per heavy atom. The van der Waals surface area contributed by atoms with Crippen LogP contribution in [-0.2, 0) is 9.47 Å². The normalized spacial score (nSPS) is 6.60. The number of amides is 2. The van der Waals surface area contributed by atoms with Crippen LogP contribution in [0.1, 0.15) is 0 Å². The second kappa shape index (κ2) is 7.61. The van der Waals surface area contributed by atoms with Gasteiger partial charge in [0.1, 0.15) is 0 Å². The van der Waals surface area contributed by atoms with Crippen LogP contribution >= 0.6 is 0 Å². The molecule has 0 saturated heterocycles. The zero-order valence-corrected chi connectivity index (χ0v) is 6.09. The molecule has 10 heavy (non-hydrogen) atoms. The van der Waals surface area contributed by atoms with Crippen molar-refractivity contribution in [1.82, 2.24) is 0 Å². The van der Waals surface area contributed by atoms with Crippen LogP contribution in [0.5, 0.6) is 0 Å². The Morgan fingerprint density at radius 2 is 1.50 bits per heavy atom. The summed E-state index contributed by atoms with van der Waals surface area (Å²) in [5, 5.41) is 0. The maximum absolute atomic E-state index is 9.00. The highest BCUT2D eigenvalue weighted by Crippen LogP contribution is 1.85. The SMILES string of the molecule is C=C(OC)OC.NC(N)=O. The van der Waals surface area contributed by atoms with Gasteiger partial charge < -0.3 is 20.9 Å². The number of carbonyl (C=O) groups is 1. The molecule has 0 unspecified atom stereocenters. The Labute approximate surface area is 59.6 Å². The summed E-state index contributed by atoms with van der Waals surface area (Å²) < 4.78 is 8.97. The van der Waals surface area contributed by atoms with E-state index in [0.717, 1.165) is 0 Å². The summed E-state index contributed by atoms with van der Waals surface area (Å²) in [6, 6.07) is -0.833. The van der Waals surface area contributed by atoms with Crippen LogP contribution in [-0.4, -0.2) is 20.3 Å². The number of carbonyl (C=O) groups excluding carboxylic acids is 1. The van der Waals surface area contributed by atoms with E-state index < -0.39 is 6.03 Å². The van der Waals surface area contributed by atoms with E-state index in [0.29, 0.717) is 5.95 Å². The van der Waals surface area contributed by atoms with E-state index in [2.05, 4.69) is 27.5 Å². The van der Waals surface area contributed by atoms with Crippen molar-refractivity contribution in [3.8, 4) is 0 Å². The molecule has 60 valence electrons. The van der Waals surface area contributed by atoms with Gasteiger partial charge in [0.2, 0.25) is 0 Å². The Balaban J connectivity index is 0. The van der Waals surface area contributed by atoms with Crippen molar-refractivity contribution in [2.45, 2.75) is 0 Å². The number of methoxy groups -OCH3 is 2. The average molecular weight is 148 g/mol. The fraction of sp³-hybridized carbons (Fsp3) is 0.400. The highest BCUT2D eigenvalue weighted by atomic mass is 16.7. The third-order valence-electron chi connectivity index (χ3n) is 0.455. The van der Waals surface area contributed by atoms with Gasteiger partial charge in [-0.15, -0.1) is 0 Å². The number of hydrogen-bond acceptors (Lipinski definition) is 3. The second-order valence-electron chi connectivity index (χ2n) is 1.18. The van der Waals surface area contributed by atoms with E-state index in [4.69, 9.17) is 4.79 Å². The molecule has 0 aliphatic heterocycles. The summed E-state index contributed by atoms with van der Waals surface area (Å²) in [6.45, 7) is 3.35. The summed E-state index contributed by atoms with van der Waals surface area (Å²) in [4.78, 5) is 9.00. The van der Waals surface area contributed by atoms with Gasteiger partial charge in [-0.2, -0.15) is 0 Å². The molecule has 0 aromatic heterocycles. The van der Waals surface area contributed by atoms with Gasteiger partial charge in [0.15, 0.2) is 0 Å². The molecule has 0 radical (unpaired) electrons. The lowest BCUT2D eigenvalue weighted by molar-refractivity contribution is 0.0976. The van der Waals surface area contributed by atoms with Crippen LogP contribution in [0.25, 0.3) is 0 Å². The van der Waals surface area contributed by atoms with Crippen molar-refractivity contribution in [1.29, 1.82) is 0 Å².